The van der Waals surface area contributed by atoms with Crippen molar-refractivity contribution >= 4 is 11.8 Å². The highest BCUT2D eigenvalue weighted by molar-refractivity contribution is 5.80. The Morgan fingerprint density at radius 2 is 2.26 bits per heavy atom. The van der Waals surface area contributed by atoms with Crippen LogP contribution in [0.3, 0.4) is 0 Å². The van der Waals surface area contributed by atoms with Crippen LogP contribution >= 0.6 is 0 Å². The Hall–Kier alpha value is -1.78. The van der Waals surface area contributed by atoms with Crippen molar-refractivity contribution < 1.29 is 0 Å². The fourth-order valence-corrected chi connectivity index (χ4v) is 1.86. The number of nitrogens with zero attached hydrogens (tertiary/aromatic N) is 3. The zero-order valence-corrected chi connectivity index (χ0v) is 12.0. The van der Waals surface area contributed by atoms with Gasteiger partial charge >= 0.3 is 0 Å². The number of hydrogen-bond donors (Lipinski definition) is 2. The van der Waals surface area contributed by atoms with Crippen molar-refractivity contribution in [1.29, 1.82) is 0 Å². The van der Waals surface area contributed by atoms with Gasteiger partial charge in [0.1, 0.15) is 5.82 Å². The van der Waals surface area contributed by atoms with Crippen LogP contribution in [0, 0.1) is 0 Å². The molecule has 1 heterocycles. The van der Waals surface area contributed by atoms with Crippen molar-refractivity contribution in [1.82, 2.24) is 15.6 Å². The first-order valence-corrected chi connectivity index (χ1v) is 6.86. The van der Waals surface area contributed by atoms with E-state index in [-0.39, 0.29) is 0 Å². The number of hydrogen-bond acceptors (Lipinski definition) is 3. The molecule has 0 bridgehead atoms. The van der Waals surface area contributed by atoms with E-state index in [9.17, 15) is 0 Å². The van der Waals surface area contributed by atoms with Gasteiger partial charge in [0.2, 0.25) is 0 Å². The molecule has 0 aliphatic heterocycles. The van der Waals surface area contributed by atoms with E-state index in [4.69, 9.17) is 0 Å². The molecule has 0 atom stereocenters. The molecule has 2 rings (SSSR count). The lowest BCUT2D eigenvalue weighted by Gasteiger charge is -2.15. The second-order valence-corrected chi connectivity index (χ2v) is 4.99. The summed E-state index contributed by atoms with van der Waals surface area (Å²) in [5.41, 5.74) is 1.14. The van der Waals surface area contributed by atoms with Crippen LogP contribution in [0.15, 0.2) is 23.3 Å². The maximum Gasteiger partial charge on any atom is 0.191 e. The lowest BCUT2D eigenvalue weighted by Crippen LogP contribution is -2.38. The Morgan fingerprint density at radius 1 is 1.47 bits per heavy atom. The van der Waals surface area contributed by atoms with Crippen LogP contribution in [0.2, 0.25) is 0 Å². The van der Waals surface area contributed by atoms with E-state index in [2.05, 4.69) is 33.6 Å². The Kier molecular flexibility index (Phi) is 4.60. The molecule has 0 spiro atoms. The molecule has 1 aliphatic rings. The SMILES string of the molecule is CCNC(=NCc1cccnc1N(C)C)NC1CC1. The van der Waals surface area contributed by atoms with Crippen LogP contribution in [0.5, 0.6) is 0 Å². The maximum atomic E-state index is 4.63. The molecule has 2 N–H and O–H groups in total. The molecule has 0 unspecified atom stereocenters. The molecule has 5 heteroatoms. The number of aromatic nitrogens is 1. The van der Waals surface area contributed by atoms with Gasteiger partial charge in [-0.25, -0.2) is 9.98 Å². The molecule has 104 valence electrons. The van der Waals surface area contributed by atoms with Gasteiger partial charge in [0.05, 0.1) is 6.54 Å². The molecule has 1 aromatic rings. The third-order valence-corrected chi connectivity index (χ3v) is 2.96. The Labute approximate surface area is 115 Å². The first-order chi connectivity index (χ1) is 9.20. The summed E-state index contributed by atoms with van der Waals surface area (Å²) in [7, 11) is 4.01. The standard InChI is InChI=1S/C14H23N5/c1-4-15-14(18-12-7-8-12)17-10-11-6-5-9-16-13(11)19(2)3/h5-6,9,12H,4,7-8,10H2,1-3H3,(H2,15,17,18). The molecular formula is C14H23N5. The number of nitrogens with one attached hydrogen (secondary N) is 2. The van der Waals surface area contributed by atoms with Crippen molar-refractivity contribution in [2.24, 2.45) is 4.99 Å². The van der Waals surface area contributed by atoms with E-state index in [1.165, 1.54) is 12.8 Å². The molecule has 0 saturated heterocycles. The molecule has 1 aliphatic carbocycles. The van der Waals surface area contributed by atoms with Crippen molar-refractivity contribution in [2.75, 3.05) is 25.5 Å². The summed E-state index contributed by atoms with van der Waals surface area (Å²) in [6.45, 7) is 3.61. The number of aliphatic imine (C=N–C) groups is 1. The third-order valence-electron chi connectivity index (χ3n) is 2.96. The van der Waals surface area contributed by atoms with E-state index < -0.39 is 0 Å². The lowest BCUT2D eigenvalue weighted by molar-refractivity contribution is 0.811. The van der Waals surface area contributed by atoms with E-state index in [1.54, 1.807) is 0 Å². The highest BCUT2D eigenvalue weighted by Crippen LogP contribution is 2.19. The summed E-state index contributed by atoms with van der Waals surface area (Å²) in [6.07, 6.45) is 4.32. The first kappa shape index (κ1) is 13.6. The second kappa shape index (κ2) is 6.41. The number of rotatable bonds is 5. The van der Waals surface area contributed by atoms with Gasteiger partial charge in [-0.15, -0.1) is 0 Å². The Balaban J connectivity index is 2.05. The Morgan fingerprint density at radius 3 is 2.89 bits per heavy atom. The summed E-state index contributed by atoms with van der Waals surface area (Å²) in [5, 5.41) is 6.69. The van der Waals surface area contributed by atoms with Crippen LogP contribution in [-0.2, 0) is 6.54 Å². The number of guanidine groups is 1. The van der Waals surface area contributed by atoms with Crippen LogP contribution < -0.4 is 15.5 Å². The normalized spacial score (nSPS) is 15.2. The minimum atomic E-state index is 0.611. The summed E-state index contributed by atoms with van der Waals surface area (Å²) in [6, 6.07) is 4.64. The third kappa shape index (κ3) is 4.12. The van der Waals surface area contributed by atoms with Crippen molar-refractivity contribution in [2.45, 2.75) is 32.4 Å². The summed E-state index contributed by atoms with van der Waals surface area (Å²) < 4.78 is 0. The van der Waals surface area contributed by atoms with Crippen LogP contribution in [0.25, 0.3) is 0 Å². The minimum absolute atomic E-state index is 0.611. The van der Waals surface area contributed by atoms with E-state index in [1.807, 2.05) is 31.3 Å². The van der Waals surface area contributed by atoms with E-state index in [0.29, 0.717) is 12.6 Å². The smallest absolute Gasteiger partial charge is 0.191 e. The van der Waals surface area contributed by atoms with E-state index >= 15 is 0 Å². The summed E-state index contributed by atoms with van der Waals surface area (Å²) in [5.74, 6) is 1.88. The average molecular weight is 261 g/mol. The molecule has 19 heavy (non-hydrogen) atoms. The zero-order chi connectivity index (χ0) is 13.7. The van der Waals surface area contributed by atoms with Gasteiger partial charge in [0.15, 0.2) is 5.96 Å². The van der Waals surface area contributed by atoms with Crippen LogP contribution in [-0.4, -0.2) is 37.6 Å². The molecule has 1 aromatic heterocycles. The molecule has 1 fully saturated rings. The molecule has 0 aromatic carbocycles. The Bertz CT molecular complexity index is 437. The predicted molar refractivity (Wildman–Crippen MR) is 79.5 cm³/mol. The van der Waals surface area contributed by atoms with Gasteiger partial charge in [-0.3, -0.25) is 0 Å². The fraction of sp³-hybridized carbons (Fsp3) is 0.571. The van der Waals surface area contributed by atoms with Gasteiger partial charge in [0.25, 0.3) is 0 Å². The van der Waals surface area contributed by atoms with E-state index in [0.717, 1.165) is 23.9 Å². The van der Waals surface area contributed by atoms with Gasteiger partial charge in [0, 0.05) is 38.4 Å². The maximum absolute atomic E-state index is 4.63. The molecule has 0 amide bonds. The number of anilines is 1. The molecule has 5 nitrogen and oxygen atoms in total. The highest BCUT2D eigenvalue weighted by Gasteiger charge is 2.22. The van der Waals surface area contributed by atoms with Gasteiger partial charge < -0.3 is 15.5 Å². The van der Waals surface area contributed by atoms with Crippen LogP contribution in [0.1, 0.15) is 25.3 Å². The predicted octanol–water partition coefficient (Wildman–Crippen LogP) is 1.37. The molecule has 1 saturated carbocycles. The average Bonchev–Trinajstić information content (AvgIpc) is 3.20. The van der Waals surface area contributed by atoms with Crippen molar-refractivity contribution in [3.8, 4) is 0 Å². The largest absolute Gasteiger partial charge is 0.362 e. The van der Waals surface area contributed by atoms with Gasteiger partial charge in [-0.05, 0) is 25.8 Å². The first-order valence-electron chi connectivity index (χ1n) is 6.86. The monoisotopic (exact) mass is 261 g/mol. The highest BCUT2D eigenvalue weighted by atomic mass is 15.2. The van der Waals surface area contributed by atoms with Gasteiger partial charge in [-0.1, -0.05) is 6.07 Å². The minimum Gasteiger partial charge on any atom is -0.362 e. The summed E-state index contributed by atoms with van der Waals surface area (Å²) >= 11 is 0. The number of pyridine rings is 1. The fourth-order valence-electron chi connectivity index (χ4n) is 1.86. The van der Waals surface area contributed by atoms with Crippen molar-refractivity contribution in [3.63, 3.8) is 0 Å². The quantitative estimate of drug-likeness (QED) is 0.621. The van der Waals surface area contributed by atoms with Crippen molar-refractivity contribution in [3.05, 3.63) is 23.9 Å². The summed E-state index contributed by atoms with van der Waals surface area (Å²) in [4.78, 5) is 11.0. The molecular weight excluding hydrogens is 238 g/mol. The second-order valence-electron chi connectivity index (χ2n) is 4.99. The molecule has 0 radical (unpaired) electrons. The lowest BCUT2D eigenvalue weighted by atomic mass is 10.2. The zero-order valence-electron chi connectivity index (χ0n) is 12.0. The van der Waals surface area contributed by atoms with Crippen LogP contribution in [0.4, 0.5) is 5.82 Å². The van der Waals surface area contributed by atoms with Gasteiger partial charge in [-0.2, -0.15) is 0 Å². The topological polar surface area (TPSA) is 52.6 Å².